The van der Waals surface area contributed by atoms with Crippen LogP contribution in [0.2, 0.25) is 0 Å². The van der Waals surface area contributed by atoms with E-state index in [4.69, 9.17) is 5.73 Å². The van der Waals surface area contributed by atoms with Gasteiger partial charge < -0.3 is 26.1 Å². The third-order valence-electron chi connectivity index (χ3n) is 2.07. The Labute approximate surface area is 95.4 Å². The van der Waals surface area contributed by atoms with E-state index in [2.05, 4.69) is 9.97 Å². The average Bonchev–Trinajstić information content (AvgIpc) is 2.58. The molecule has 0 aliphatic carbocycles. The number of nitrogens with two attached hydrogens (primary N) is 1. The van der Waals surface area contributed by atoms with Crippen LogP contribution in [-0.4, -0.2) is 37.1 Å². The van der Waals surface area contributed by atoms with Gasteiger partial charge in [-0.05, 0) is 4.92 Å². The minimum atomic E-state index is -1.65. The van der Waals surface area contributed by atoms with Crippen molar-refractivity contribution in [3.05, 3.63) is 21.6 Å². The van der Waals surface area contributed by atoms with Gasteiger partial charge in [-0.15, -0.1) is 0 Å². The number of nitrogens with zero attached hydrogens (tertiary/aromatic N) is 2. The molecule has 5 N–H and O–H groups in total. The van der Waals surface area contributed by atoms with Crippen molar-refractivity contribution in [1.82, 2.24) is 9.97 Å². The fraction of sp³-hybridized carbons (Fsp3) is 0.500. The number of aromatic nitrogens is 2. The van der Waals surface area contributed by atoms with Gasteiger partial charge in [0.15, 0.2) is 11.5 Å². The lowest BCUT2D eigenvalue weighted by atomic mass is 10.1. The molecule has 9 nitrogen and oxygen atoms in total. The summed E-state index contributed by atoms with van der Waals surface area (Å²) in [6.45, 7) is 1.46. The number of aryl methyl sites for hydroxylation is 1. The fourth-order valence-corrected chi connectivity index (χ4v) is 1.34. The molecular weight excluding hydrogens is 232 g/mol. The summed E-state index contributed by atoms with van der Waals surface area (Å²) in [6.07, 6.45) is -3.69. The van der Waals surface area contributed by atoms with Gasteiger partial charge in [0.1, 0.15) is 6.10 Å². The summed E-state index contributed by atoms with van der Waals surface area (Å²) >= 11 is 0. The number of nitrogens with one attached hydrogen (secondary N) is 1. The third kappa shape index (κ3) is 2.98. The van der Waals surface area contributed by atoms with E-state index in [-0.39, 0.29) is 11.5 Å². The van der Waals surface area contributed by atoms with E-state index in [1.54, 1.807) is 0 Å². The molecule has 1 aromatic rings. The number of aromatic amines is 1. The molecule has 17 heavy (non-hydrogen) atoms. The molecule has 9 heteroatoms. The Hall–Kier alpha value is -2.00. The minimum absolute atomic E-state index is 0.219. The maximum absolute atomic E-state index is 10.6. The van der Waals surface area contributed by atoms with Gasteiger partial charge in [0.25, 0.3) is 0 Å². The van der Waals surface area contributed by atoms with E-state index < -0.39 is 35.3 Å². The second-order valence-electron chi connectivity index (χ2n) is 3.50. The van der Waals surface area contributed by atoms with E-state index in [1.807, 2.05) is 0 Å². The molecular formula is C8H12N4O5. The third-order valence-corrected chi connectivity index (χ3v) is 2.07. The molecule has 1 heterocycles. The first-order chi connectivity index (χ1) is 7.82. The number of H-pyrrole nitrogens is 1. The van der Waals surface area contributed by atoms with Crippen LogP contribution in [0, 0.1) is 17.0 Å². The van der Waals surface area contributed by atoms with Crippen molar-refractivity contribution in [2.75, 3.05) is 0 Å². The molecule has 1 amide bonds. The lowest BCUT2D eigenvalue weighted by Gasteiger charge is -2.13. The Kier molecular flexibility index (Phi) is 3.76. The van der Waals surface area contributed by atoms with Crippen LogP contribution >= 0.6 is 0 Å². The molecule has 0 saturated carbocycles. The highest BCUT2D eigenvalue weighted by molar-refractivity contribution is 5.74. The number of aliphatic hydroxyl groups excluding tert-OH is 2. The molecule has 94 valence electrons. The van der Waals surface area contributed by atoms with Gasteiger partial charge in [0, 0.05) is 6.92 Å². The number of hydrogen-bond acceptors (Lipinski definition) is 6. The summed E-state index contributed by atoms with van der Waals surface area (Å²) in [5.74, 6) is -1.12. The predicted molar refractivity (Wildman–Crippen MR) is 54.8 cm³/mol. The van der Waals surface area contributed by atoms with Gasteiger partial charge in [0.05, 0.1) is 12.5 Å². The van der Waals surface area contributed by atoms with Gasteiger partial charge >= 0.3 is 5.82 Å². The van der Waals surface area contributed by atoms with E-state index in [9.17, 15) is 25.1 Å². The Morgan fingerprint density at radius 2 is 2.24 bits per heavy atom. The van der Waals surface area contributed by atoms with Crippen molar-refractivity contribution in [3.8, 4) is 0 Å². The van der Waals surface area contributed by atoms with Crippen LogP contribution in [0.3, 0.4) is 0 Å². The van der Waals surface area contributed by atoms with Gasteiger partial charge in [-0.25, -0.2) is 9.97 Å². The topological polar surface area (TPSA) is 155 Å². The number of primary amides is 1. The number of carbonyl (C=O) groups is 1. The smallest absolute Gasteiger partial charge is 0.346 e. The maximum atomic E-state index is 10.6. The monoisotopic (exact) mass is 244 g/mol. The van der Waals surface area contributed by atoms with Crippen molar-refractivity contribution in [1.29, 1.82) is 0 Å². The molecule has 1 rings (SSSR count). The fourth-order valence-electron chi connectivity index (χ4n) is 1.34. The Morgan fingerprint density at radius 3 is 2.71 bits per heavy atom. The van der Waals surface area contributed by atoms with Gasteiger partial charge in [-0.2, -0.15) is 0 Å². The van der Waals surface area contributed by atoms with Crippen LogP contribution in [-0.2, 0) is 4.79 Å². The summed E-state index contributed by atoms with van der Waals surface area (Å²) in [5, 5.41) is 29.7. The average molecular weight is 244 g/mol. The molecule has 0 radical (unpaired) electrons. The number of aliphatic hydroxyl groups is 2. The second kappa shape index (κ2) is 4.89. The van der Waals surface area contributed by atoms with Gasteiger partial charge in [0.2, 0.25) is 5.91 Å². The second-order valence-corrected chi connectivity index (χ2v) is 3.50. The summed E-state index contributed by atoms with van der Waals surface area (Å²) in [7, 11) is 0. The van der Waals surface area contributed by atoms with Crippen LogP contribution in [0.5, 0.6) is 0 Å². The van der Waals surface area contributed by atoms with Gasteiger partial charge in [-0.3, -0.25) is 4.79 Å². The number of nitro groups is 1. The normalized spacial score (nSPS) is 14.3. The number of amides is 1. The van der Waals surface area contributed by atoms with E-state index in [1.165, 1.54) is 6.92 Å². The summed E-state index contributed by atoms with van der Waals surface area (Å²) < 4.78 is 0. The molecule has 2 atom stereocenters. The number of carbonyl (C=O) groups excluding carboxylic acids is 1. The van der Waals surface area contributed by atoms with Crippen LogP contribution < -0.4 is 5.73 Å². The highest BCUT2D eigenvalue weighted by atomic mass is 16.6. The molecule has 0 saturated heterocycles. The summed E-state index contributed by atoms with van der Waals surface area (Å²) in [5.41, 5.74) is 4.52. The summed E-state index contributed by atoms with van der Waals surface area (Å²) in [6, 6.07) is 0. The first-order valence-electron chi connectivity index (χ1n) is 4.68. The lowest BCUT2D eigenvalue weighted by Crippen LogP contribution is -2.26. The highest BCUT2D eigenvalue weighted by Gasteiger charge is 2.30. The first kappa shape index (κ1) is 13.1. The number of rotatable bonds is 5. The minimum Gasteiger partial charge on any atom is -0.389 e. The van der Waals surface area contributed by atoms with Crippen LogP contribution in [0.4, 0.5) is 5.82 Å². The molecule has 0 spiro atoms. The Morgan fingerprint density at radius 1 is 1.65 bits per heavy atom. The maximum Gasteiger partial charge on any atom is 0.346 e. The van der Waals surface area contributed by atoms with E-state index >= 15 is 0 Å². The molecule has 2 unspecified atom stereocenters. The molecule has 0 aliphatic heterocycles. The Bertz CT molecular complexity index is 443. The number of hydrogen-bond donors (Lipinski definition) is 4. The highest BCUT2D eigenvalue weighted by Crippen LogP contribution is 2.25. The predicted octanol–water partition coefficient (Wildman–Crippen LogP) is -1.10. The van der Waals surface area contributed by atoms with Crippen molar-refractivity contribution in [3.63, 3.8) is 0 Å². The van der Waals surface area contributed by atoms with E-state index in [0.29, 0.717) is 0 Å². The van der Waals surface area contributed by atoms with Crippen LogP contribution in [0.1, 0.15) is 24.0 Å². The first-order valence-corrected chi connectivity index (χ1v) is 4.68. The number of imidazole rings is 1. The van der Waals surface area contributed by atoms with E-state index in [0.717, 1.165) is 0 Å². The summed E-state index contributed by atoms with van der Waals surface area (Å²) in [4.78, 5) is 26.5. The van der Waals surface area contributed by atoms with Crippen LogP contribution in [0.15, 0.2) is 0 Å². The van der Waals surface area contributed by atoms with Crippen LogP contribution in [0.25, 0.3) is 0 Å². The molecule has 0 aromatic carbocycles. The lowest BCUT2D eigenvalue weighted by molar-refractivity contribution is -0.390. The van der Waals surface area contributed by atoms with Crippen molar-refractivity contribution >= 4 is 11.7 Å². The zero-order valence-electron chi connectivity index (χ0n) is 8.95. The van der Waals surface area contributed by atoms with Crippen molar-refractivity contribution in [2.24, 2.45) is 5.73 Å². The van der Waals surface area contributed by atoms with Crippen molar-refractivity contribution in [2.45, 2.75) is 25.6 Å². The zero-order valence-corrected chi connectivity index (χ0v) is 8.95. The zero-order chi connectivity index (χ0) is 13.2. The van der Waals surface area contributed by atoms with Gasteiger partial charge in [-0.1, -0.05) is 0 Å². The van der Waals surface area contributed by atoms with Crippen molar-refractivity contribution < 1.29 is 19.9 Å². The molecule has 0 fully saturated rings. The Balaban J connectivity index is 2.98. The molecule has 0 bridgehead atoms. The molecule has 1 aromatic heterocycles. The molecule has 0 aliphatic rings. The standard InChI is InChI=1S/C8H12N4O5/c1-3-10-6(8(11-3)12(16)17)7(15)4(13)2-5(9)14/h4,7,13,15H,2H2,1H3,(H2,9,14)(H,10,11). The SMILES string of the molecule is Cc1nc(C(O)C(O)CC(N)=O)c([N+](=O)[O-])[nH]1. The largest absolute Gasteiger partial charge is 0.389 e. The quantitative estimate of drug-likeness (QED) is 0.380.